The molecule has 1 heterocycles. The molecule has 1 saturated carbocycles. The van der Waals surface area contributed by atoms with Crippen molar-refractivity contribution >= 4 is 5.78 Å². The Labute approximate surface area is 97.1 Å². The number of aromatic nitrogens is 1. The summed E-state index contributed by atoms with van der Waals surface area (Å²) in [6, 6.07) is 2.25. The van der Waals surface area contributed by atoms with E-state index in [0.717, 1.165) is 18.5 Å². The lowest BCUT2D eigenvalue weighted by Gasteiger charge is -2.41. The van der Waals surface area contributed by atoms with Crippen molar-refractivity contribution in [2.24, 2.45) is 0 Å². The molecular weight excluding hydrogens is 198 g/mol. The Bertz CT molecular complexity index is 415. The Morgan fingerprint density at radius 1 is 1.38 bits per heavy atom. The molecule has 2 rings (SSSR count). The Morgan fingerprint density at radius 3 is 2.56 bits per heavy atom. The minimum absolute atomic E-state index is 0.0966. The second kappa shape index (κ2) is 4.00. The van der Waals surface area contributed by atoms with Gasteiger partial charge in [0.15, 0.2) is 0 Å². The van der Waals surface area contributed by atoms with Crippen molar-refractivity contribution < 1.29 is 4.79 Å². The van der Waals surface area contributed by atoms with Crippen molar-refractivity contribution in [3.8, 4) is 0 Å². The fourth-order valence-electron chi connectivity index (χ4n) is 2.64. The molecule has 0 unspecified atom stereocenters. The lowest BCUT2D eigenvalue weighted by Crippen LogP contribution is -2.41. The average molecular weight is 217 g/mol. The number of carbonyl (C=O) groups excluding carboxylic acids is 1. The second-order valence-corrected chi connectivity index (χ2v) is 4.86. The monoisotopic (exact) mass is 217 g/mol. The highest BCUT2D eigenvalue weighted by molar-refractivity contribution is 5.88. The first-order valence-electron chi connectivity index (χ1n) is 6.09. The van der Waals surface area contributed by atoms with E-state index in [2.05, 4.69) is 31.8 Å². The number of nitrogens with zero attached hydrogens (tertiary/aromatic N) is 1. The van der Waals surface area contributed by atoms with Crippen LogP contribution in [0.15, 0.2) is 12.3 Å². The highest BCUT2D eigenvalue weighted by atomic mass is 16.1. The van der Waals surface area contributed by atoms with Crippen LogP contribution in [0.5, 0.6) is 0 Å². The summed E-state index contributed by atoms with van der Waals surface area (Å²) in [6.45, 7) is 6.36. The van der Waals surface area contributed by atoms with Crippen molar-refractivity contribution in [1.82, 2.24) is 4.98 Å². The molecule has 2 heteroatoms. The molecule has 2 nitrogen and oxygen atoms in total. The second-order valence-electron chi connectivity index (χ2n) is 4.86. The Kier molecular flexibility index (Phi) is 2.83. The van der Waals surface area contributed by atoms with Gasteiger partial charge in [-0.2, -0.15) is 0 Å². The quantitative estimate of drug-likeness (QED) is 0.779. The number of aryl methyl sites for hydroxylation is 2. The first-order chi connectivity index (χ1) is 7.61. The van der Waals surface area contributed by atoms with Gasteiger partial charge in [0.05, 0.1) is 0 Å². The molecule has 16 heavy (non-hydrogen) atoms. The zero-order valence-corrected chi connectivity index (χ0v) is 10.3. The predicted octanol–water partition coefficient (Wildman–Crippen LogP) is 2.96. The van der Waals surface area contributed by atoms with Crippen LogP contribution in [0, 0.1) is 6.92 Å². The van der Waals surface area contributed by atoms with E-state index in [1.54, 1.807) is 0 Å². The zero-order chi connectivity index (χ0) is 11.8. The van der Waals surface area contributed by atoms with Crippen LogP contribution in [0.25, 0.3) is 0 Å². The van der Waals surface area contributed by atoms with E-state index in [1.807, 2.05) is 6.20 Å². The molecule has 0 radical (unpaired) electrons. The van der Waals surface area contributed by atoms with Crippen LogP contribution >= 0.6 is 0 Å². The molecule has 1 aromatic rings. The SMILES string of the molecule is CCc1cnc(C)c(C2(CC)CC(=O)C2)c1. The normalized spacial score (nSPS) is 18.3. The van der Waals surface area contributed by atoms with E-state index in [9.17, 15) is 4.79 Å². The summed E-state index contributed by atoms with van der Waals surface area (Å²) in [7, 11) is 0. The average Bonchev–Trinajstić information content (AvgIpc) is 2.25. The van der Waals surface area contributed by atoms with Crippen molar-refractivity contribution in [3.63, 3.8) is 0 Å². The number of carbonyl (C=O) groups is 1. The van der Waals surface area contributed by atoms with Crippen LogP contribution in [0.4, 0.5) is 0 Å². The highest BCUT2D eigenvalue weighted by Crippen LogP contribution is 2.45. The molecule has 0 saturated heterocycles. The number of ketones is 1. The summed E-state index contributed by atoms with van der Waals surface area (Å²) in [5.74, 6) is 0.392. The van der Waals surface area contributed by atoms with Gasteiger partial charge in [-0.15, -0.1) is 0 Å². The molecule has 1 aliphatic carbocycles. The van der Waals surface area contributed by atoms with Gasteiger partial charge in [0.25, 0.3) is 0 Å². The standard InChI is InChI=1S/C14H19NO/c1-4-11-6-13(10(3)15-9-11)14(5-2)7-12(16)8-14/h6,9H,4-5,7-8H2,1-3H3. The van der Waals surface area contributed by atoms with Gasteiger partial charge < -0.3 is 0 Å². The Morgan fingerprint density at radius 2 is 2.06 bits per heavy atom. The third kappa shape index (κ3) is 1.66. The van der Waals surface area contributed by atoms with Gasteiger partial charge in [0, 0.05) is 30.1 Å². The van der Waals surface area contributed by atoms with Gasteiger partial charge in [-0.1, -0.05) is 19.9 Å². The lowest BCUT2D eigenvalue weighted by molar-refractivity contribution is -0.128. The van der Waals surface area contributed by atoms with Crippen molar-refractivity contribution in [3.05, 3.63) is 29.1 Å². The maximum atomic E-state index is 11.3. The topological polar surface area (TPSA) is 30.0 Å². The van der Waals surface area contributed by atoms with Crippen molar-refractivity contribution in [2.75, 3.05) is 0 Å². The summed E-state index contributed by atoms with van der Waals surface area (Å²) in [5.41, 5.74) is 3.76. The third-order valence-corrected chi connectivity index (χ3v) is 3.87. The molecule has 0 aromatic carbocycles. The van der Waals surface area contributed by atoms with E-state index in [0.29, 0.717) is 18.6 Å². The van der Waals surface area contributed by atoms with E-state index < -0.39 is 0 Å². The maximum Gasteiger partial charge on any atom is 0.134 e. The van der Waals surface area contributed by atoms with Gasteiger partial charge >= 0.3 is 0 Å². The summed E-state index contributed by atoms with van der Waals surface area (Å²) in [4.78, 5) is 15.8. The fraction of sp³-hybridized carbons (Fsp3) is 0.571. The molecule has 0 bridgehead atoms. The first-order valence-corrected chi connectivity index (χ1v) is 6.09. The largest absolute Gasteiger partial charge is 0.300 e. The molecule has 0 aliphatic heterocycles. The van der Waals surface area contributed by atoms with E-state index in [1.165, 1.54) is 11.1 Å². The minimum Gasteiger partial charge on any atom is -0.300 e. The number of hydrogen-bond donors (Lipinski definition) is 0. The molecule has 0 atom stereocenters. The van der Waals surface area contributed by atoms with Gasteiger partial charge in [-0.25, -0.2) is 0 Å². The molecular formula is C14H19NO. The predicted molar refractivity (Wildman–Crippen MR) is 64.6 cm³/mol. The van der Waals surface area contributed by atoms with Crippen molar-refractivity contribution in [1.29, 1.82) is 0 Å². The molecule has 0 N–H and O–H groups in total. The number of hydrogen-bond acceptors (Lipinski definition) is 2. The van der Waals surface area contributed by atoms with Gasteiger partial charge in [0.2, 0.25) is 0 Å². The Hall–Kier alpha value is -1.18. The number of pyridine rings is 1. The van der Waals surface area contributed by atoms with Crippen LogP contribution in [0.2, 0.25) is 0 Å². The van der Waals surface area contributed by atoms with Gasteiger partial charge in [-0.3, -0.25) is 9.78 Å². The van der Waals surface area contributed by atoms with Gasteiger partial charge in [0.1, 0.15) is 5.78 Å². The minimum atomic E-state index is 0.0966. The van der Waals surface area contributed by atoms with Gasteiger partial charge in [-0.05, 0) is 30.9 Å². The van der Waals surface area contributed by atoms with E-state index >= 15 is 0 Å². The highest BCUT2D eigenvalue weighted by Gasteiger charge is 2.44. The van der Waals surface area contributed by atoms with Crippen LogP contribution in [0.3, 0.4) is 0 Å². The third-order valence-electron chi connectivity index (χ3n) is 3.87. The smallest absolute Gasteiger partial charge is 0.134 e. The molecule has 0 amide bonds. The van der Waals surface area contributed by atoms with Crippen LogP contribution in [0.1, 0.15) is 49.9 Å². The lowest BCUT2D eigenvalue weighted by atomic mass is 9.61. The summed E-state index contributed by atoms with van der Waals surface area (Å²) >= 11 is 0. The maximum absolute atomic E-state index is 11.3. The zero-order valence-electron chi connectivity index (χ0n) is 10.3. The van der Waals surface area contributed by atoms with Crippen LogP contribution in [-0.2, 0) is 16.6 Å². The molecule has 1 fully saturated rings. The molecule has 1 aromatic heterocycles. The fourth-order valence-corrected chi connectivity index (χ4v) is 2.64. The molecule has 86 valence electrons. The molecule has 0 spiro atoms. The number of Topliss-reactive ketones (excluding diaryl/α,β-unsaturated/α-hetero) is 1. The van der Waals surface area contributed by atoms with E-state index in [4.69, 9.17) is 0 Å². The van der Waals surface area contributed by atoms with Crippen LogP contribution in [-0.4, -0.2) is 10.8 Å². The number of rotatable bonds is 3. The first kappa shape index (κ1) is 11.3. The van der Waals surface area contributed by atoms with Crippen molar-refractivity contribution in [2.45, 2.75) is 51.9 Å². The summed E-state index contributed by atoms with van der Waals surface area (Å²) in [5, 5.41) is 0. The van der Waals surface area contributed by atoms with E-state index in [-0.39, 0.29) is 5.41 Å². The summed E-state index contributed by atoms with van der Waals surface area (Å²) < 4.78 is 0. The Balaban J connectivity index is 2.41. The molecule has 1 aliphatic rings. The van der Waals surface area contributed by atoms with Crippen LogP contribution < -0.4 is 0 Å². The summed E-state index contributed by atoms with van der Waals surface area (Å²) in [6.07, 6.45) is 5.41.